The molecule has 0 saturated carbocycles. The summed E-state index contributed by atoms with van der Waals surface area (Å²) in [6, 6.07) is -4.98. The van der Waals surface area contributed by atoms with E-state index in [2.05, 4.69) is 16.0 Å². The summed E-state index contributed by atoms with van der Waals surface area (Å²) < 4.78 is 0. The topological polar surface area (TPSA) is 225 Å². The molecule has 0 aromatic rings. The third kappa shape index (κ3) is 9.22. The maximum absolute atomic E-state index is 13.0. The highest BCUT2D eigenvalue weighted by molar-refractivity contribution is 5.97. The van der Waals surface area contributed by atoms with Crippen molar-refractivity contribution in [3.8, 4) is 0 Å². The highest BCUT2D eigenvalue weighted by atomic mass is 16.4. The van der Waals surface area contributed by atoms with E-state index in [9.17, 15) is 38.7 Å². The average Bonchev–Trinajstić information content (AvgIpc) is 3.23. The molecular weight excluding hydrogens is 466 g/mol. The van der Waals surface area contributed by atoms with E-state index in [-0.39, 0.29) is 19.4 Å². The van der Waals surface area contributed by atoms with Crippen molar-refractivity contribution >= 4 is 41.5 Å². The van der Waals surface area contributed by atoms with Gasteiger partial charge in [-0.25, -0.2) is 4.79 Å². The Morgan fingerprint density at radius 1 is 0.971 bits per heavy atom. The predicted octanol–water partition coefficient (Wildman–Crippen LogP) is -2.07. The molecule has 0 bridgehead atoms. The maximum Gasteiger partial charge on any atom is 0.326 e. The van der Waals surface area contributed by atoms with Gasteiger partial charge in [-0.2, -0.15) is 0 Å². The molecule has 1 rings (SSSR count). The molecular formula is C21H33N5O9. The number of nitrogens with zero attached hydrogens (tertiary/aromatic N) is 1. The van der Waals surface area contributed by atoms with Gasteiger partial charge >= 0.3 is 11.9 Å². The van der Waals surface area contributed by atoms with Crippen LogP contribution in [0, 0.1) is 5.92 Å². The molecule has 0 aliphatic carbocycles. The summed E-state index contributed by atoms with van der Waals surface area (Å²) in [5.74, 6) is -6.81. The molecule has 14 nitrogen and oxygen atoms in total. The summed E-state index contributed by atoms with van der Waals surface area (Å²) in [5.41, 5.74) is 5.23. The van der Waals surface area contributed by atoms with Crippen molar-refractivity contribution in [2.45, 2.75) is 77.0 Å². The summed E-state index contributed by atoms with van der Waals surface area (Å²) in [7, 11) is 0. The van der Waals surface area contributed by atoms with Crippen molar-refractivity contribution in [3.05, 3.63) is 0 Å². The first kappa shape index (κ1) is 29.3. The van der Waals surface area contributed by atoms with E-state index in [4.69, 9.17) is 10.8 Å². The van der Waals surface area contributed by atoms with Gasteiger partial charge < -0.3 is 36.8 Å². The number of carbonyl (C=O) groups is 7. The first-order valence-corrected chi connectivity index (χ1v) is 11.2. The fraction of sp³-hybridized carbons (Fsp3) is 0.667. The number of carboxylic acids is 2. The molecule has 1 aliphatic rings. The van der Waals surface area contributed by atoms with Gasteiger partial charge in [-0.1, -0.05) is 13.8 Å². The standard InChI is InChI=1S/C21H33N5O9/c1-10(2)17(25-18(31)12(23-11(3)27)6-7-16(29)30)19(32)24-13(9-15(22)28)20(33)26-8-4-5-14(26)21(34)35/h10,12-14,17H,4-9H2,1-3H3,(H2,22,28)(H,23,27)(H,24,32)(H,25,31)(H,29,30)(H,34,35)/t12-,13-,14-,17-/m0/s1. The first-order valence-electron chi connectivity index (χ1n) is 11.2. The van der Waals surface area contributed by atoms with E-state index >= 15 is 0 Å². The van der Waals surface area contributed by atoms with Crippen LogP contribution in [-0.2, 0) is 33.6 Å². The number of primary amides is 1. The fourth-order valence-electron chi connectivity index (χ4n) is 3.72. The minimum Gasteiger partial charge on any atom is -0.481 e. The van der Waals surface area contributed by atoms with E-state index in [1.165, 1.54) is 0 Å². The second-order valence-electron chi connectivity index (χ2n) is 8.68. The Hall–Kier alpha value is -3.71. The molecule has 1 fully saturated rings. The van der Waals surface area contributed by atoms with Gasteiger partial charge in [0.2, 0.25) is 29.5 Å². The van der Waals surface area contributed by atoms with Crippen molar-refractivity contribution in [3.63, 3.8) is 0 Å². The monoisotopic (exact) mass is 499 g/mol. The lowest BCUT2D eigenvalue weighted by Gasteiger charge is -2.29. The number of rotatable bonds is 13. The van der Waals surface area contributed by atoms with Gasteiger partial charge in [0.25, 0.3) is 0 Å². The molecule has 0 aromatic carbocycles. The van der Waals surface area contributed by atoms with Gasteiger partial charge in [0.1, 0.15) is 24.2 Å². The van der Waals surface area contributed by atoms with Crippen LogP contribution in [0.3, 0.4) is 0 Å². The van der Waals surface area contributed by atoms with Crippen LogP contribution < -0.4 is 21.7 Å². The van der Waals surface area contributed by atoms with Crippen molar-refractivity contribution in [2.75, 3.05) is 6.54 Å². The molecule has 1 saturated heterocycles. The normalized spacial score (nSPS) is 17.7. The summed E-state index contributed by atoms with van der Waals surface area (Å²) >= 11 is 0. The van der Waals surface area contributed by atoms with Crippen molar-refractivity contribution in [1.82, 2.24) is 20.9 Å². The Morgan fingerprint density at radius 2 is 1.60 bits per heavy atom. The first-order chi connectivity index (χ1) is 16.2. The van der Waals surface area contributed by atoms with E-state index in [1.807, 2.05) is 0 Å². The van der Waals surface area contributed by atoms with Crippen LogP contribution in [0.4, 0.5) is 0 Å². The largest absolute Gasteiger partial charge is 0.481 e. The minimum atomic E-state index is -1.45. The molecule has 4 atom stereocenters. The zero-order chi connectivity index (χ0) is 26.9. The van der Waals surface area contributed by atoms with Crippen LogP contribution in [0.15, 0.2) is 0 Å². The average molecular weight is 500 g/mol. The van der Waals surface area contributed by atoms with Gasteiger partial charge in [-0.05, 0) is 25.2 Å². The minimum absolute atomic E-state index is 0.132. The molecule has 35 heavy (non-hydrogen) atoms. The Labute approximate surface area is 202 Å². The summed E-state index contributed by atoms with van der Waals surface area (Å²) in [6.45, 7) is 4.48. The molecule has 0 radical (unpaired) electrons. The lowest BCUT2D eigenvalue weighted by molar-refractivity contribution is -0.149. The molecule has 5 amide bonds. The van der Waals surface area contributed by atoms with E-state index in [0.29, 0.717) is 6.42 Å². The second kappa shape index (κ2) is 13.2. The number of amides is 5. The van der Waals surface area contributed by atoms with Gasteiger partial charge in [-0.15, -0.1) is 0 Å². The van der Waals surface area contributed by atoms with Gasteiger partial charge in [0.15, 0.2) is 0 Å². The third-order valence-electron chi connectivity index (χ3n) is 5.43. The molecule has 14 heteroatoms. The second-order valence-corrected chi connectivity index (χ2v) is 8.68. The molecule has 0 aromatic heterocycles. The third-order valence-corrected chi connectivity index (χ3v) is 5.43. The maximum atomic E-state index is 13.0. The smallest absolute Gasteiger partial charge is 0.326 e. The van der Waals surface area contributed by atoms with Crippen LogP contribution in [0.1, 0.15) is 52.9 Å². The quantitative estimate of drug-likeness (QED) is 0.163. The summed E-state index contributed by atoms with van der Waals surface area (Å²) in [4.78, 5) is 85.1. The zero-order valence-electron chi connectivity index (χ0n) is 19.9. The van der Waals surface area contributed by atoms with Crippen LogP contribution in [0.2, 0.25) is 0 Å². The number of likely N-dealkylation sites (tertiary alicyclic amines) is 1. The molecule has 196 valence electrons. The summed E-state index contributed by atoms with van der Waals surface area (Å²) in [5, 5.41) is 25.4. The highest BCUT2D eigenvalue weighted by Crippen LogP contribution is 2.19. The van der Waals surface area contributed by atoms with Crippen LogP contribution >= 0.6 is 0 Å². The fourth-order valence-corrected chi connectivity index (χ4v) is 3.72. The van der Waals surface area contributed by atoms with E-state index in [0.717, 1.165) is 11.8 Å². The lowest BCUT2D eigenvalue weighted by Crippen LogP contribution is -2.59. The van der Waals surface area contributed by atoms with Crippen LogP contribution in [0.5, 0.6) is 0 Å². The Balaban J connectivity index is 3.04. The van der Waals surface area contributed by atoms with Gasteiger partial charge in [-0.3, -0.25) is 28.8 Å². The van der Waals surface area contributed by atoms with Crippen LogP contribution in [-0.4, -0.2) is 87.3 Å². The SMILES string of the molecule is CC(=O)N[C@@H](CCC(=O)O)C(=O)N[C@H](C(=O)N[C@@H](CC(N)=O)C(=O)N1CCC[C@H]1C(=O)O)C(C)C. The molecule has 0 spiro atoms. The lowest BCUT2D eigenvalue weighted by atomic mass is 10.0. The number of nitrogens with one attached hydrogen (secondary N) is 3. The Bertz CT molecular complexity index is 860. The number of nitrogens with two attached hydrogens (primary N) is 1. The number of hydrogen-bond donors (Lipinski definition) is 6. The van der Waals surface area contributed by atoms with Crippen molar-refractivity contribution < 1.29 is 43.8 Å². The van der Waals surface area contributed by atoms with E-state index in [1.54, 1.807) is 13.8 Å². The number of carboxylic acid groups (broad SMARTS) is 2. The predicted molar refractivity (Wildman–Crippen MR) is 119 cm³/mol. The number of carbonyl (C=O) groups excluding carboxylic acids is 5. The number of aliphatic carboxylic acids is 2. The van der Waals surface area contributed by atoms with Crippen molar-refractivity contribution in [2.24, 2.45) is 11.7 Å². The Kier molecular flexibility index (Phi) is 11.1. The number of hydrogen-bond acceptors (Lipinski definition) is 7. The van der Waals surface area contributed by atoms with E-state index < -0.39 is 84.4 Å². The van der Waals surface area contributed by atoms with Crippen molar-refractivity contribution in [1.29, 1.82) is 0 Å². The molecule has 1 heterocycles. The van der Waals surface area contributed by atoms with Gasteiger partial charge in [0.05, 0.1) is 6.42 Å². The molecule has 0 unspecified atom stereocenters. The molecule has 1 aliphatic heterocycles. The highest BCUT2D eigenvalue weighted by Gasteiger charge is 2.39. The van der Waals surface area contributed by atoms with Gasteiger partial charge in [0, 0.05) is 19.9 Å². The van der Waals surface area contributed by atoms with Crippen LogP contribution in [0.25, 0.3) is 0 Å². The Morgan fingerprint density at radius 3 is 2.09 bits per heavy atom. The zero-order valence-corrected chi connectivity index (χ0v) is 19.9. The summed E-state index contributed by atoms with van der Waals surface area (Å²) in [6.07, 6.45) is -0.553. The molecule has 7 N–H and O–H groups in total.